The maximum Gasteiger partial charge on any atom is 0.119 e. The van der Waals surface area contributed by atoms with E-state index in [1.54, 1.807) is 0 Å². The highest BCUT2D eigenvalue weighted by molar-refractivity contribution is 6.01. The van der Waals surface area contributed by atoms with Crippen molar-refractivity contribution in [1.82, 2.24) is 0 Å². The highest BCUT2D eigenvalue weighted by Crippen LogP contribution is 2.30. The number of nitrogen functional groups attached to an aromatic ring is 1. The molecule has 26 heavy (non-hydrogen) atoms. The van der Waals surface area contributed by atoms with Crippen molar-refractivity contribution in [3.05, 3.63) is 66.2 Å². The predicted octanol–water partition coefficient (Wildman–Crippen LogP) is 6.13. The van der Waals surface area contributed by atoms with Gasteiger partial charge in [0, 0.05) is 22.7 Å². The van der Waals surface area contributed by atoms with Crippen molar-refractivity contribution in [2.75, 3.05) is 12.3 Å². The van der Waals surface area contributed by atoms with Crippen LogP contribution in [-0.2, 0) is 0 Å². The zero-order valence-electron chi connectivity index (χ0n) is 15.3. The Labute approximate surface area is 155 Å². The molecular formula is C23H26N2O. The molecule has 0 radical (unpaired) electrons. The molecule has 0 fully saturated rings. The third-order valence-electron chi connectivity index (χ3n) is 4.43. The summed E-state index contributed by atoms with van der Waals surface area (Å²) >= 11 is 0. The lowest BCUT2D eigenvalue weighted by Gasteiger charge is -2.06. The van der Waals surface area contributed by atoms with Crippen molar-refractivity contribution in [2.24, 2.45) is 4.99 Å². The van der Waals surface area contributed by atoms with Gasteiger partial charge in [-0.3, -0.25) is 4.99 Å². The number of unbranched alkanes of at least 4 members (excludes halogenated alkanes) is 3. The Morgan fingerprint density at radius 2 is 1.65 bits per heavy atom. The SMILES string of the molecule is CCCCCCOc1ccc(C=Nc2ccc(N)c3ccccc23)cc1. The highest BCUT2D eigenvalue weighted by Gasteiger charge is 2.02. The number of hydrogen-bond donors (Lipinski definition) is 1. The zero-order valence-corrected chi connectivity index (χ0v) is 15.3. The fraction of sp³-hybridized carbons (Fsp3) is 0.261. The molecule has 3 aromatic rings. The molecule has 0 aliphatic carbocycles. The van der Waals surface area contributed by atoms with Gasteiger partial charge in [0.1, 0.15) is 5.75 Å². The first kappa shape index (κ1) is 18.0. The van der Waals surface area contributed by atoms with Gasteiger partial charge in [-0.25, -0.2) is 0 Å². The van der Waals surface area contributed by atoms with Crippen LogP contribution in [0.1, 0.15) is 38.2 Å². The van der Waals surface area contributed by atoms with Gasteiger partial charge in [-0.15, -0.1) is 0 Å². The molecule has 0 bridgehead atoms. The molecule has 0 spiro atoms. The molecule has 3 nitrogen and oxygen atoms in total. The number of benzene rings is 3. The van der Waals surface area contributed by atoms with Crippen LogP contribution in [-0.4, -0.2) is 12.8 Å². The molecule has 3 heteroatoms. The number of ether oxygens (including phenoxy) is 1. The van der Waals surface area contributed by atoms with Gasteiger partial charge in [0.2, 0.25) is 0 Å². The lowest BCUT2D eigenvalue weighted by Crippen LogP contribution is -1.97. The molecule has 0 saturated carbocycles. The third kappa shape index (κ3) is 4.63. The van der Waals surface area contributed by atoms with Gasteiger partial charge < -0.3 is 10.5 Å². The number of nitrogens with zero attached hydrogens (tertiary/aromatic N) is 1. The molecule has 0 amide bonds. The standard InChI is InChI=1S/C23H26N2O/c1-2-3-4-7-16-26-19-12-10-18(11-13-19)17-25-23-15-14-22(24)20-8-5-6-9-21(20)23/h5-6,8-15,17H,2-4,7,16,24H2,1H3. The molecule has 3 aromatic carbocycles. The number of hydrogen-bond acceptors (Lipinski definition) is 3. The van der Waals surface area contributed by atoms with E-state index >= 15 is 0 Å². The van der Waals surface area contributed by atoms with Crippen LogP contribution < -0.4 is 10.5 Å². The lowest BCUT2D eigenvalue weighted by molar-refractivity contribution is 0.305. The summed E-state index contributed by atoms with van der Waals surface area (Å²) < 4.78 is 5.78. The van der Waals surface area contributed by atoms with Crippen LogP contribution in [0.15, 0.2) is 65.7 Å². The van der Waals surface area contributed by atoms with Gasteiger partial charge in [-0.05, 0) is 48.4 Å². The molecule has 0 atom stereocenters. The van der Waals surface area contributed by atoms with E-state index in [4.69, 9.17) is 10.5 Å². The average Bonchev–Trinajstić information content (AvgIpc) is 2.68. The first-order valence-electron chi connectivity index (χ1n) is 9.32. The monoisotopic (exact) mass is 346 g/mol. The molecule has 0 aromatic heterocycles. The van der Waals surface area contributed by atoms with E-state index in [9.17, 15) is 0 Å². The molecule has 0 saturated heterocycles. The summed E-state index contributed by atoms with van der Waals surface area (Å²) in [5.41, 5.74) is 8.80. The van der Waals surface area contributed by atoms with E-state index in [0.29, 0.717) is 0 Å². The number of anilines is 1. The van der Waals surface area contributed by atoms with Crippen LogP contribution in [0.2, 0.25) is 0 Å². The Morgan fingerprint density at radius 3 is 2.42 bits per heavy atom. The van der Waals surface area contributed by atoms with Crippen molar-refractivity contribution in [1.29, 1.82) is 0 Å². The average molecular weight is 346 g/mol. The fourth-order valence-corrected chi connectivity index (χ4v) is 2.93. The molecule has 2 N–H and O–H groups in total. The van der Waals surface area contributed by atoms with Crippen LogP contribution >= 0.6 is 0 Å². The lowest BCUT2D eigenvalue weighted by atomic mass is 10.1. The maximum absolute atomic E-state index is 6.05. The molecule has 134 valence electrons. The Morgan fingerprint density at radius 1 is 0.885 bits per heavy atom. The van der Waals surface area contributed by atoms with Crippen LogP contribution in [0.25, 0.3) is 10.8 Å². The number of fused-ring (bicyclic) bond motifs is 1. The van der Waals surface area contributed by atoms with Crippen molar-refractivity contribution in [2.45, 2.75) is 32.6 Å². The van der Waals surface area contributed by atoms with E-state index in [1.165, 1.54) is 19.3 Å². The van der Waals surface area contributed by atoms with Gasteiger partial charge in [-0.2, -0.15) is 0 Å². The number of rotatable bonds is 8. The Hall–Kier alpha value is -2.81. The van der Waals surface area contributed by atoms with Crippen molar-refractivity contribution < 1.29 is 4.74 Å². The second-order valence-corrected chi connectivity index (χ2v) is 6.46. The van der Waals surface area contributed by atoms with Gasteiger partial charge in [0.25, 0.3) is 0 Å². The topological polar surface area (TPSA) is 47.6 Å². The van der Waals surface area contributed by atoms with Gasteiger partial charge >= 0.3 is 0 Å². The van der Waals surface area contributed by atoms with E-state index in [2.05, 4.69) is 11.9 Å². The minimum atomic E-state index is 0.778. The quantitative estimate of drug-likeness (QED) is 0.303. The highest BCUT2D eigenvalue weighted by atomic mass is 16.5. The predicted molar refractivity (Wildman–Crippen MR) is 112 cm³/mol. The summed E-state index contributed by atoms with van der Waals surface area (Å²) in [6.07, 6.45) is 6.75. The minimum absolute atomic E-state index is 0.778. The Kier molecular flexibility index (Phi) is 6.26. The van der Waals surface area contributed by atoms with Gasteiger partial charge in [0.15, 0.2) is 0 Å². The second-order valence-electron chi connectivity index (χ2n) is 6.46. The van der Waals surface area contributed by atoms with Crippen molar-refractivity contribution >= 4 is 28.4 Å². The van der Waals surface area contributed by atoms with Crippen LogP contribution in [0.5, 0.6) is 5.75 Å². The van der Waals surface area contributed by atoms with Crippen molar-refractivity contribution in [3.63, 3.8) is 0 Å². The summed E-state index contributed by atoms with van der Waals surface area (Å²) in [6, 6.07) is 20.0. The van der Waals surface area contributed by atoms with E-state index in [1.807, 2.05) is 66.9 Å². The zero-order chi connectivity index (χ0) is 18.2. The van der Waals surface area contributed by atoms with E-state index in [-0.39, 0.29) is 0 Å². The maximum atomic E-state index is 6.05. The Balaban J connectivity index is 1.65. The van der Waals surface area contributed by atoms with Gasteiger partial charge in [0.05, 0.1) is 12.3 Å². The summed E-state index contributed by atoms with van der Waals surface area (Å²) in [4.78, 5) is 4.65. The molecule has 0 aliphatic heterocycles. The number of nitrogens with two attached hydrogens (primary N) is 1. The summed E-state index contributed by atoms with van der Waals surface area (Å²) in [5.74, 6) is 0.914. The molecule has 0 aliphatic rings. The molecular weight excluding hydrogens is 320 g/mol. The molecule has 0 heterocycles. The van der Waals surface area contributed by atoms with Gasteiger partial charge in [-0.1, -0.05) is 50.5 Å². The Bertz CT molecular complexity index is 869. The smallest absolute Gasteiger partial charge is 0.119 e. The second kappa shape index (κ2) is 9.04. The van der Waals surface area contributed by atoms with E-state index < -0.39 is 0 Å². The first-order valence-corrected chi connectivity index (χ1v) is 9.32. The normalized spacial score (nSPS) is 11.3. The first-order chi connectivity index (χ1) is 12.8. The third-order valence-corrected chi connectivity index (χ3v) is 4.43. The minimum Gasteiger partial charge on any atom is -0.494 e. The van der Waals surface area contributed by atoms with Crippen molar-refractivity contribution in [3.8, 4) is 5.75 Å². The molecule has 3 rings (SSSR count). The summed E-state index contributed by atoms with van der Waals surface area (Å²) in [7, 11) is 0. The van der Waals surface area contributed by atoms with Crippen LogP contribution in [0.4, 0.5) is 11.4 Å². The largest absolute Gasteiger partial charge is 0.494 e. The molecule has 0 unspecified atom stereocenters. The summed E-state index contributed by atoms with van der Waals surface area (Å²) in [6.45, 7) is 3.00. The van der Waals surface area contributed by atoms with Crippen LogP contribution in [0, 0.1) is 0 Å². The fourth-order valence-electron chi connectivity index (χ4n) is 2.93. The summed E-state index contributed by atoms with van der Waals surface area (Å²) in [5, 5.41) is 2.10. The van der Waals surface area contributed by atoms with Crippen LogP contribution in [0.3, 0.4) is 0 Å². The number of aliphatic imine (C=N–C) groups is 1. The van der Waals surface area contributed by atoms with E-state index in [0.717, 1.165) is 46.5 Å².